The van der Waals surface area contributed by atoms with E-state index >= 15 is 0 Å². The Morgan fingerprint density at radius 2 is 1.59 bits per heavy atom. The molecule has 4 nitrogen and oxygen atoms in total. The van der Waals surface area contributed by atoms with Crippen LogP contribution < -0.4 is 5.73 Å². The van der Waals surface area contributed by atoms with Crippen LogP contribution >= 0.6 is 0 Å². The highest BCUT2D eigenvalue weighted by Crippen LogP contribution is 2.10. The van der Waals surface area contributed by atoms with E-state index in [0.29, 0.717) is 19.0 Å². The zero-order chi connectivity index (χ0) is 13.5. The molecule has 0 heterocycles. The lowest BCUT2D eigenvalue weighted by molar-refractivity contribution is 0.404. The summed E-state index contributed by atoms with van der Waals surface area (Å²) >= 11 is 0. The Kier molecular flexibility index (Phi) is 8.00. The van der Waals surface area contributed by atoms with Crippen molar-refractivity contribution in [2.75, 3.05) is 18.8 Å². The number of nitrogens with two attached hydrogens (primary N) is 1. The van der Waals surface area contributed by atoms with E-state index in [-0.39, 0.29) is 11.8 Å². The van der Waals surface area contributed by atoms with Crippen LogP contribution in [-0.4, -0.2) is 37.6 Å². The number of nitrogens with zero attached hydrogens (tertiary/aromatic N) is 1. The fraction of sp³-hybridized carbons (Fsp3) is 1.00. The summed E-state index contributed by atoms with van der Waals surface area (Å²) < 4.78 is 25.9. The van der Waals surface area contributed by atoms with Crippen LogP contribution in [0.1, 0.15) is 47.0 Å². The summed E-state index contributed by atoms with van der Waals surface area (Å²) in [5.74, 6) is 0.511. The number of rotatable bonds is 9. The first kappa shape index (κ1) is 16.9. The van der Waals surface area contributed by atoms with Crippen molar-refractivity contribution in [3.63, 3.8) is 0 Å². The van der Waals surface area contributed by atoms with Gasteiger partial charge in [-0.1, -0.05) is 27.7 Å². The van der Waals surface area contributed by atoms with E-state index in [1.165, 1.54) is 0 Å². The lowest BCUT2D eigenvalue weighted by Crippen LogP contribution is -2.41. The third-order valence-corrected chi connectivity index (χ3v) is 4.54. The summed E-state index contributed by atoms with van der Waals surface area (Å²) in [5, 5.41) is 0. The van der Waals surface area contributed by atoms with Crippen LogP contribution in [0.25, 0.3) is 0 Å². The molecule has 17 heavy (non-hydrogen) atoms. The minimum atomic E-state index is -3.18. The average Bonchev–Trinajstić information content (AvgIpc) is 2.14. The lowest BCUT2D eigenvalue weighted by atomic mass is 10.1. The molecule has 0 radical (unpaired) electrons. The van der Waals surface area contributed by atoms with Crippen molar-refractivity contribution in [3.05, 3.63) is 0 Å². The quantitative estimate of drug-likeness (QED) is 0.691. The van der Waals surface area contributed by atoms with Crippen molar-refractivity contribution in [2.24, 2.45) is 11.7 Å². The van der Waals surface area contributed by atoms with Gasteiger partial charge in [0.05, 0.1) is 5.75 Å². The molecule has 104 valence electrons. The summed E-state index contributed by atoms with van der Waals surface area (Å²) in [6, 6.07) is -0.254. The van der Waals surface area contributed by atoms with Crippen molar-refractivity contribution in [1.82, 2.24) is 4.31 Å². The second-order valence-corrected chi connectivity index (χ2v) is 7.08. The zero-order valence-corrected chi connectivity index (χ0v) is 12.5. The smallest absolute Gasteiger partial charge is 0.215 e. The van der Waals surface area contributed by atoms with Crippen molar-refractivity contribution in [2.45, 2.75) is 53.0 Å². The molecule has 0 aliphatic rings. The summed E-state index contributed by atoms with van der Waals surface area (Å²) in [6.45, 7) is 9.30. The molecule has 0 saturated heterocycles. The van der Waals surface area contributed by atoms with Crippen LogP contribution in [0.4, 0.5) is 0 Å². The van der Waals surface area contributed by atoms with Gasteiger partial charge >= 0.3 is 0 Å². The summed E-state index contributed by atoms with van der Waals surface area (Å²) in [7, 11) is -3.18. The molecule has 0 saturated carbocycles. The Morgan fingerprint density at radius 1 is 1.12 bits per heavy atom. The van der Waals surface area contributed by atoms with E-state index < -0.39 is 10.0 Å². The fourth-order valence-corrected chi connectivity index (χ4v) is 3.75. The second kappa shape index (κ2) is 8.06. The Morgan fingerprint density at radius 3 is 1.94 bits per heavy atom. The molecule has 0 aliphatic heterocycles. The van der Waals surface area contributed by atoms with Crippen LogP contribution in [0.3, 0.4) is 0 Å². The van der Waals surface area contributed by atoms with Crippen molar-refractivity contribution < 1.29 is 8.42 Å². The standard InChI is InChI=1S/C12H28N2O2S/c1-5-7-14(8-6-2)17(15,16)10-12(13)9-11(3)4/h11-12H,5-10,13H2,1-4H3. The van der Waals surface area contributed by atoms with Gasteiger partial charge in [0.1, 0.15) is 0 Å². The molecule has 0 fully saturated rings. The molecule has 0 amide bonds. The molecule has 0 bridgehead atoms. The van der Waals surface area contributed by atoms with Crippen molar-refractivity contribution >= 4 is 10.0 Å². The molecule has 2 N–H and O–H groups in total. The van der Waals surface area contributed by atoms with Gasteiger partial charge in [-0.05, 0) is 25.2 Å². The minimum absolute atomic E-state index is 0.0746. The van der Waals surface area contributed by atoms with Crippen LogP contribution in [0.2, 0.25) is 0 Å². The highest BCUT2D eigenvalue weighted by Gasteiger charge is 2.23. The average molecular weight is 264 g/mol. The Labute approximate surface area is 107 Å². The first-order valence-electron chi connectivity index (χ1n) is 6.56. The zero-order valence-electron chi connectivity index (χ0n) is 11.6. The fourth-order valence-electron chi connectivity index (χ4n) is 1.94. The highest BCUT2D eigenvalue weighted by atomic mass is 32.2. The molecule has 0 aromatic carbocycles. The van der Waals surface area contributed by atoms with Gasteiger partial charge < -0.3 is 5.73 Å². The van der Waals surface area contributed by atoms with Gasteiger partial charge in [-0.25, -0.2) is 12.7 Å². The molecule has 5 heteroatoms. The summed E-state index contributed by atoms with van der Waals surface area (Å²) in [6.07, 6.45) is 2.45. The van der Waals surface area contributed by atoms with Crippen molar-refractivity contribution in [1.29, 1.82) is 0 Å². The van der Waals surface area contributed by atoms with E-state index in [4.69, 9.17) is 5.73 Å². The van der Waals surface area contributed by atoms with Crippen LogP contribution in [0.15, 0.2) is 0 Å². The van der Waals surface area contributed by atoms with Gasteiger partial charge in [0.2, 0.25) is 10.0 Å². The van der Waals surface area contributed by atoms with E-state index in [0.717, 1.165) is 19.3 Å². The number of hydrogen-bond acceptors (Lipinski definition) is 3. The Balaban J connectivity index is 4.50. The SMILES string of the molecule is CCCN(CCC)S(=O)(=O)CC(N)CC(C)C. The Bertz CT molecular complexity index is 283. The van der Waals surface area contributed by atoms with E-state index in [1.807, 2.05) is 13.8 Å². The third kappa shape index (κ3) is 7.01. The van der Waals surface area contributed by atoms with Gasteiger partial charge in [-0.2, -0.15) is 0 Å². The third-order valence-electron chi connectivity index (χ3n) is 2.54. The molecular formula is C12H28N2O2S. The Hall–Kier alpha value is -0.130. The van der Waals surface area contributed by atoms with Crippen LogP contribution in [0.5, 0.6) is 0 Å². The first-order chi connectivity index (χ1) is 7.83. The molecule has 0 rings (SSSR count). The van der Waals surface area contributed by atoms with Crippen LogP contribution in [-0.2, 0) is 10.0 Å². The molecular weight excluding hydrogens is 236 g/mol. The van der Waals surface area contributed by atoms with Crippen molar-refractivity contribution in [3.8, 4) is 0 Å². The maximum atomic E-state index is 12.1. The molecule has 1 atom stereocenters. The first-order valence-corrected chi connectivity index (χ1v) is 8.17. The monoisotopic (exact) mass is 264 g/mol. The topological polar surface area (TPSA) is 63.4 Å². The number of hydrogen-bond donors (Lipinski definition) is 1. The second-order valence-electron chi connectivity index (χ2n) is 5.07. The highest BCUT2D eigenvalue weighted by molar-refractivity contribution is 7.89. The summed E-state index contributed by atoms with van der Waals surface area (Å²) in [5.41, 5.74) is 5.89. The normalized spacial score (nSPS) is 14.5. The van der Waals surface area contributed by atoms with Crippen LogP contribution in [0, 0.1) is 5.92 Å². The van der Waals surface area contributed by atoms with Gasteiger partial charge in [-0.3, -0.25) is 0 Å². The lowest BCUT2D eigenvalue weighted by Gasteiger charge is -2.23. The van der Waals surface area contributed by atoms with Gasteiger partial charge in [0.25, 0.3) is 0 Å². The maximum Gasteiger partial charge on any atom is 0.215 e. The largest absolute Gasteiger partial charge is 0.327 e. The predicted octanol–water partition coefficient (Wildman–Crippen LogP) is 1.81. The molecule has 1 unspecified atom stereocenters. The predicted molar refractivity (Wildman–Crippen MR) is 73.4 cm³/mol. The molecule has 0 spiro atoms. The number of sulfonamides is 1. The van der Waals surface area contributed by atoms with E-state index in [2.05, 4.69) is 13.8 Å². The minimum Gasteiger partial charge on any atom is -0.327 e. The molecule has 0 aliphatic carbocycles. The maximum absolute atomic E-state index is 12.1. The molecule has 0 aromatic rings. The van der Waals surface area contributed by atoms with Gasteiger partial charge in [0, 0.05) is 19.1 Å². The van der Waals surface area contributed by atoms with Gasteiger partial charge in [0.15, 0.2) is 0 Å². The van der Waals surface area contributed by atoms with Gasteiger partial charge in [-0.15, -0.1) is 0 Å². The van der Waals surface area contributed by atoms with E-state index in [1.54, 1.807) is 4.31 Å². The summed E-state index contributed by atoms with van der Waals surface area (Å²) in [4.78, 5) is 0. The van der Waals surface area contributed by atoms with E-state index in [9.17, 15) is 8.42 Å². The molecule has 0 aromatic heterocycles.